The van der Waals surface area contributed by atoms with Gasteiger partial charge in [0.25, 0.3) is 0 Å². The monoisotopic (exact) mass is 241 g/mol. The summed E-state index contributed by atoms with van der Waals surface area (Å²) in [5.74, 6) is 0.600. The number of amides is 1. The smallest absolute Gasteiger partial charge is 0.239 e. The highest BCUT2D eigenvalue weighted by atomic mass is 16.5. The second-order valence-electron chi connectivity index (χ2n) is 5.22. The van der Waals surface area contributed by atoms with Gasteiger partial charge in [-0.25, -0.2) is 0 Å². The number of likely N-dealkylation sites (tertiary alicyclic amines) is 1. The van der Waals surface area contributed by atoms with Gasteiger partial charge >= 0.3 is 0 Å². The first-order valence-corrected chi connectivity index (χ1v) is 6.45. The minimum Gasteiger partial charge on any atom is -0.379 e. The van der Waals surface area contributed by atoms with Crippen molar-refractivity contribution in [2.75, 3.05) is 39.4 Å². The minimum atomic E-state index is -0.384. The highest BCUT2D eigenvalue weighted by Crippen LogP contribution is 2.23. The summed E-state index contributed by atoms with van der Waals surface area (Å²) in [5, 5.41) is 0. The third-order valence-electron chi connectivity index (χ3n) is 3.79. The molecule has 0 saturated carbocycles. The first-order valence-electron chi connectivity index (χ1n) is 6.45. The second kappa shape index (κ2) is 5.33. The maximum absolute atomic E-state index is 11.9. The molecule has 5 heteroatoms. The van der Waals surface area contributed by atoms with Crippen molar-refractivity contribution in [2.45, 2.75) is 25.9 Å². The van der Waals surface area contributed by atoms with E-state index in [1.165, 1.54) is 0 Å². The van der Waals surface area contributed by atoms with Crippen LogP contribution < -0.4 is 5.73 Å². The average molecular weight is 241 g/mol. The zero-order chi connectivity index (χ0) is 12.4. The van der Waals surface area contributed by atoms with Crippen LogP contribution in [0.5, 0.6) is 0 Å². The molecule has 2 rings (SSSR count). The van der Waals surface area contributed by atoms with Gasteiger partial charge in [-0.3, -0.25) is 9.69 Å². The highest BCUT2D eigenvalue weighted by Gasteiger charge is 2.37. The Morgan fingerprint density at radius 2 is 2.00 bits per heavy atom. The lowest BCUT2D eigenvalue weighted by molar-refractivity contribution is -0.131. The van der Waals surface area contributed by atoms with Gasteiger partial charge in [-0.15, -0.1) is 0 Å². The Kier molecular flexibility index (Phi) is 4.01. The Hall–Kier alpha value is -0.650. The fourth-order valence-electron chi connectivity index (χ4n) is 2.80. The number of carbonyl (C=O) groups excluding carboxylic acids is 1. The van der Waals surface area contributed by atoms with Crippen molar-refractivity contribution < 1.29 is 9.53 Å². The van der Waals surface area contributed by atoms with Crippen LogP contribution in [0.25, 0.3) is 0 Å². The van der Waals surface area contributed by atoms with Gasteiger partial charge in [-0.1, -0.05) is 6.92 Å². The third-order valence-corrected chi connectivity index (χ3v) is 3.79. The van der Waals surface area contributed by atoms with Crippen molar-refractivity contribution in [3.05, 3.63) is 0 Å². The fourth-order valence-corrected chi connectivity index (χ4v) is 2.80. The Labute approximate surface area is 103 Å². The van der Waals surface area contributed by atoms with Gasteiger partial charge in [0.05, 0.1) is 19.3 Å². The predicted molar refractivity (Wildman–Crippen MR) is 65.6 cm³/mol. The maximum atomic E-state index is 11.9. The summed E-state index contributed by atoms with van der Waals surface area (Å²) < 4.78 is 5.36. The molecule has 0 aromatic carbocycles. The molecule has 0 aliphatic carbocycles. The van der Waals surface area contributed by atoms with E-state index in [2.05, 4.69) is 11.8 Å². The molecule has 0 bridgehead atoms. The van der Waals surface area contributed by atoms with Gasteiger partial charge < -0.3 is 15.4 Å². The molecule has 2 heterocycles. The molecule has 2 N–H and O–H groups in total. The first kappa shape index (κ1) is 12.8. The van der Waals surface area contributed by atoms with Crippen LogP contribution in [0.4, 0.5) is 0 Å². The van der Waals surface area contributed by atoms with Crippen LogP contribution in [0.2, 0.25) is 0 Å². The van der Waals surface area contributed by atoms with Gasteiger partial charge in [0.2, 0.25) is 5.91 Å². The molecule has 2 unspecified atom stereocenters. The third kappa shape index (κ3) is 2.78. The quantitative estimate of drug-likeness (QED) is 0.709. The number of hydrogen-bond donors (Lipinski definition) is 1. The first-order chi connectivity index (χ1) is 8.09. The summed E-state index contributed by atoms with van der Waals surface area (Å²) in [6.45, 7) is 9.22. The molecule has 98 valence electrons. The Morgan fingerprint density at radius 3 is 2.59 bits per heavy atom. The maximum Gasteiger partial charge on any atom is 0.239 e. The van der Waals surface area contributed by atoms with Crippen molar-refractivity contribution in [3.63, 3.8) is 0 Å². The SMILES string of the molecule is CC1CN(C(=O)[C@@H](C)N)CC1N1CCOCC1. The van der Waals surface area contributed by atoms with E-state index < -0.39 is 0 Å². The van der Waals surface area contributed by atoms with E-state index in [1.807, 2.05) is 4.90 Å². The molecule has 2 fully saturated rings. The number of hydrogen-bond acceptors (Lipinski definition) is 4. The summed E-state index contributed by atoms with van der Waals surface area (Å²) in [4.78, 5) is 16.2. The topological polar surface area (TPSA) is 58.8 Å². The Balaban J connectivity index is 1.94. The molecule has 3 atom stereocenters. The van der Waals surface area contributed by atoms with E-state index in [1.54, 1.807) is 6.92 Å². The molecule has 0 spiro atoms. The van der Waals surface area contributed by atoms with Crippen LogP contribution >= 0.6 is 0 Å². The number of nitrogens with two attached hydrogens (primary N) is 1. The van der Waals surface area contributed by atoms with E-state index in [0.717, 1.165) is 39.4 Å². The molecule has 17 heavy (non-hydrogen) atoms. The molecule has 0 aromatic rings. The van der Waals surface area contributed by atoms with Crippen molar-refractivity contribution in [3.8, 4) is 0 Å². The molecule has 0 aromatic heterocycles. The lowest BCUT2D eigenvalue weighted by Crippen LogP contribution is -2.47. The summed E-state index contributed by atoms with van der Waals surface area (Å²) in [6.07, 6.45) is 0. The normalized spacial score (nSPS) is 32.8. The van der Waals surface area contributed by atoms with E-state index in [-0.39, 0.29) is 11.9 Å². The molecular weight excluding hydrogens is 218 g/mol. The second-order valence-corrected chi connectivity index (χ2v) is 5.22. The Bertz CT molecular complexity index is 277. The standard InChI is InChI=1S/C12H23N3O2/c1-9-7-15(12(16)10(2)13)8-11(9)14-3-5-17-6-4-14/h9-11H,3-8,13H2,1-2H3/t9?,10-,11?/m1/s1. The van der Waals surface area contributed by atoms with Crippen molar-refractivity contribution in [1.29, 1.82) is 0 Å². The van der Waals surface area contributed by atoms with E-state index >= 15 is 0 Å². The summed E-state index contributed by atoms with van der Waals surface area (Å²) in [5.41, 5.74) is 5.66. The van der Waals surface area contributed by atoms with E-state index in [9.17, 15) is 4.79 Å². The number of nitrogens with zero attached hydrogens (tertiary/aromatic N) is 2. The van der Waals surface area contributed by atoms with Gasteiger partial charge in [0.15, 0.2) is 0 Å². The highest BCUT2D eigenvalue weighted by molar-refractivity contribution is 5.81. The largest absolute Gasteiger partial charge is 0.379 e. The molecule has 2 aliphatic rings. The number of morpholine rings is 1. The van der Waals surface area contributed by atoms with Gasteiger partial charge in [0, 0.05) is 32.2 Å². The lowest BCUT2D eigenvalue weighted by atomic mass is 10.0. The van der Waals surface area contributed by atoms with Crippen LogP contribution in [-0.2, 0) is 9.53 Å². The van der Waals surface area contributed by atoms with Crippen LogP contribution in [0, 0.1) is 5.92 Å². The minimum absolute atomic E-state index is 0.0765. The van der Waals surface area contributed by atoms with Crippen LogP contribution in [0.15, 0.2) is 0 Å². The summed E-state index contributed by atoms with van der Waals surface area (Å²) in [7, 11) is 0. The van der Waals surface area contributed by atoms with E-state index in [4.69, 9.17) is 10.5 Å². The van der Waals surface area contributed by atoms with Gasteiger partial charge in [-0.05, 0) is 12.8 Å². The molecular formula is C12H23N3O2. The molecule has 1 amide bonds. The van der Waals surface area contributed by atoms with Crippen LogP contribution in [0.1, 0.15) is 13.8 Å². The van der Waals surface area contributed by atoms with Crippen molar-refractivity contribution in [2.24, 2.45) is 11.7 Å². The average Bonchev–Trinajstić information content (AvgIpc) is 2.71. The van der Waals surface area contributed by atoms with Crippen LogP contribution in [-0.4, -0.2) is 67.2 Å². The molecule has 2 aliphatic heterocycles. The predicted octanol–water partition coefficient (Wildman–Crippen LogP) is -0.487. The molecule has 0 radical (unpaired) electrons. The lowest BCUT2D eigenvalue weighted by Gasteiger charge is -2.34. The van der Waals surface area contributed by atoms with E-state index in [0.29, 0.717) is 12.0 Å². The van der Waals surface area contributed by atoms with Crippen LogP contribution in [0.3, 0.4) is 0 Å². The number of rotatable bonds is 2. The summed E-state index contributed by atoms with van der Waals surface area (Å²) >= 11 is 0. The Morgan fingerprint density at radius 1 is 1.35 bits per heavy atom. The molecule has 2 saturated heterocycles. The van der Waals surface area contributed by atoms with Gasteiger partial charge in [0.1, 0.15) is 0 Å². The molecule has 5 nitrogen and oxygen atoms in total. The fraction of sp³-hybridized carbons (Fsp3) is 0.917. The van der Waals surface area contributed by atoms with Gasteiger partial charge in [-0.2, -0.15) is 0 Å². The zero-order valence-corrected chi connectivity index (χ0v) is 10.8. The number of carbonyl (C=O) groups is 1. The zero-order valence-electron chi connectivity index (χ0n) is 10.8. The van der Waals surface area contributed by atoms with Crippen molar-refractivity contribution in [1.82, 2.24) is 9.80 Å². The van der Waals surface area contributed by atoms with Crippen molar-refractivity contribution >= 4 is 5.91 Å². The summed E-state index contributed by atoms with van der Waals surface area (Å²) in [6, 6.07) is 0.0900. The number of ether oxygens (including phenoxy) is 1.